The number of carbonyl (C=O) groups excluding carboxylic acids is 4. The standard InChI is InChI=1S/C34H28Cl2N2O5/c1-18-28(36)16-15-24-27(34(42)43-19(2)31(39)21-7-11-22(35)12-8-21)17-29(37-30(18)24)20-9-13-23(14-10-20)38-32(40)25-5-3-4-6-26(25)33(38)41/h7-17,19,25-26H,3-6H2,1-2H3. The second-order valence-electron chi connectivity index (χ2n) is 11.1. The monoisotopic (exact) mass is 614 g/mol. The van der Waals surface area contributed by atoms with Crippen LogP contribution >= 0.6 is 23.2 Å². The van der Waals surface area contributed by atoms with Crippen LogP contribution in [0.4, 0.5) is 5.69 Å². The van der Waals surface area contributed by atoms with Crippen molar-refractivity contribution in [3.63, 3.8) is 0 Å². The second kappa shape index (κ2) is 11.5. The molecule has 0 radical (unpaired) electrons. The fourth-order valence-corrected chi connectivity index (χ4v) is 6.32. The predicted octanol–water partition coefficient (Wildman–Crippen LogP) is 7.62. The number of esters is 1. The molecule has 2 aliphatic rings. The van der Waals surface area contributed by atoms with E-state index in [1.54, 1.807) is 66.7 Å². The minimum atomic E-state index is -1.05. The Hall–Kier alpha value is -4.07. The van der Waals surface area contributed by atoms with Gasteiger partial charge in [0.2, 0.25) is 17.6 Å². The Bertz CT molecular complexity index is 1760. The summed E-state index contributed by atoms with van der Waals surface area (Å²) in [6.07, 6.45) is 2.36. The molecular weight excluding hydrogens is 587 g/mol. The number of anilines is 1. The second-order valence-corrected chi connectivity index (χ2v) is 11.9. The van der Waals surface area contributed by atoms with E-state index < -0.39 is 12.1 Å². The van der Waals surface area contributed by atoms with E-state index in [9.17, 15) is 19.2 Å². The summed E-state index contributed by atoms with van der Waals surface area (Å²) in [5.74, 6) is -1.79. The van der Waals surface area contributed by atoms with Crippen molar-refractivity contribution < 1.29 is 23.9 Å². The first-order chi connectivity index (χ1) is 20.6. The summed E-state index contributed by atoms with van der Waals surface area (Å²) in [6, 6.07) is 18.4. The smallest absolute Gasteiger partial charge is 0.339 e. The molecule has 1 aliphatic carbocycles. The van der Waals surface area contributed by atoms with Crippen LogP contribution in [0.5, 0.6) is 0 Å². The lowest BCUT2D eigenvalue weighted by molar-refractivity contribution is -0.122. The SMILES string of the molecule is Cc1c(Cl)ccc2c(C(=O)OC(C)C(=O)c3ccc(Cl)cc3)cc(-c3ccc(N4C(=O)C5CCCCC5C4=O)cc3)nc12. The molecular formula is C34H28Cl2N2O5. The highest BCUT2D eigenvalue weighted by Gasteiger charge is 2.48. The highest BCUT2D eigenvalue weighted by atomic mass is 35.5. The average molecular weight is 616 g/mol. The van der Waals surface area contributed by atoms with Gasteiger partial charge in [0, 0.05) is 26.6 Å². The third-order valence-electron chi connectivity index (χ3n) is 8.43. The summed E-state index contributed by atoms with van der Waals surface area (Å²) in [7, 11) is 0. The van der Waals surface area contributed by atoms with Crippen molar-refractivity contribution in [3.8, 4) is 11.3 Å². The Labute approximate surface area is 258 Å². The number of rotatable bonds is 6. The summed E-state index contributed by atoms with van der Waals surface area (Å²) in [5.41, 5.74) is 3.47. The summed E-state index contributed by atoms with van der Waals surface area (Å²) in [6.45, 7) is 3.34. The zero-order valence-corrected chi connectivity index (χ0v) is 25.1. The molecule has 9 heteroatoms. The van der Waals surface area contributed by atoms with Gasteiger partial charge in [-0.2, -0.15) is 0 Å². The van der Waals surface area contributed by atoms with Crippen LogP contribution < -0.4 is 4.90 Å². The fourth-order valence-electron chi connectivity index (χ4n) is 6.05. The van der Waals surface area contributed by atoms with E-state index in [1.807, 2.05) is 6.92 Å². The number of ketones is 1. The van der Waals surface area contributed by atoms with Crippen LogP contribution in [-0.4, -0.2) is 34.7 Å². The lowest BCUT2D eigenvalue weighted by atomic mass is 9.81. The normalized spacial score (nSPS) is 18.9. The van der Waals surface area contributed by atoms with E-state index in [4.69, 9.17) is 32.9 Å². The van der Waals surface area contributed by atoms with Crippen molar-refractivity contribution in [3.05, 3.63) is 93.5 Å². The molecule has 2 fully saturated rings. The Kier molecular flexibility index (Phi) is 7.79. The maximum atomic E-state index is 13.5. The maximum Gasteiger partial charge on any atom is 0.339 e. The van der Waals surface area contributed by atoms with Crippen LogP contribution in [-0.2, 0) is 14.3 Å². The molecule has 218 valence electrons. The summed E-state index contributed by atoms with van der Waals surface area (Å²) < 4.78 is 5.64. The Morgan fingerprint density at radius 1 is 0.907 bits per heavy atom. The zero-order chi connectivity index (χ0) is 30.4. The zero-order valence-electron chi connectivity index (χ0n) is 23.6. The summed E-state index contributed by atoms with van der Waals surface area (Å²) in [5, 5.41) is 1.52. The molecule has 0 bridgehead atoms. The molecule has 3 unspecified atom stereocenters. The topological polar surface area (TPSA) is 93.6 Å². The van der Waals surface area contributed by atoms with Crippen LogP contribution in [0.3, 0.4) is 0 Å². The third kappa shape index (κ3) is 5.32. The maximum absolute atomic E-state index is 13.5. The minimum Gasteiger partial charge on any atom is -0.451 e. The molecule has 3 atom stereocenters. The van der Waals surface area contributed by atoms with Gasteiger partial charge in [0.25, 0.3) is 0 Å². The van der Waals surface area contributed by atoms with Crippen LogP contribution in [0.25, 0.3) is 22.2 Å². The van der Waals surface area contributed by atoms with E-state index in [0.717, 1.165) is 25.7 Å². The number of hydrogen-bond acceptors (Lipinski definition) is 6. The fraction of sp³-hybridized carbons (Fsp3) is 0.265. The lowest BCUT2D eigenvalue weighted by Gasteiger charge is -2.19. The molecule has 1 saturated heterocycles. The summed E-state index contributed by atoms with van der Waals surface area (Å²) >= 11 is 12.4. The molecule has 1 saturated carbocycles. The molecule has 0 N–H and O–H groups in total. The predicted molar refractivity (Wildman–Crippen MR) is 166 cm³/mol. The number of nitrogens with zero attached hydrogens (tertiary/aromatic N) is 2. The van der Waals surface area contributed by atoms with Gasteiger partial charge in [-0.1, -0.05) is 54.2 Å². The van der Waals surface area contributed by atoms with Gasteiger partial charge in [0.05, 0.1) is 34.3 Å². The molecule has 7 nitrogen and oxygen atoms in total. The molecule has 0 spiro atoms. The van der Waals surface area contributed by atoms with Crippen molar-refractivity contribution >= 4 is 63.4 Å². The van der Waals surface area contributed by atoms with Gasteiger partial charge >= 0.3 is 5.97 Å². The lowest BCUT2D eigenvalue weighted by Crippen LogP contribution is -2.30. The van der Waals surface area contributed by atoms with Gasteiger partial charge in [-0.3, -0.25) is 19.3 Å². The van der Waals surface area contributed by atoms with Crippen molar-refractivity contribution in [1.29, 1.82) is 0 Å². The van der Waals surface area contributed by atoms with Gasteiger partial charge in [-0.15, -0.1) is 0 Å². The Morgan fingerprint density at radius 2 is 1.53 bits per heavy atom. The third-order valence-corrected chi connectivity index (χ3v) is 9.09. The molecule has 3 aromatic carbocycles. The number of benzene rings is 3. The number of aromatic nitrogens is 1. The van der Waals surface area contributed by atoms with Gasteiger partial charge in [-0.05, 0) is 80.8 Å². The molecule has 1 aliphatic heterocycles. The highest BCUT2D eigenvalue weighted by molar-refractivity contribution is 6.32. The number of carbonyl (C=O) groups is 4. The van der Waals surface area contributed by atoms with Crippen molar-refractivity contribution in [1.82, 2.24) is 4.98 Å². The molecule has 43 heavy (non-hydrogen) atoms. The number of halogens is 2. The van der Waals surface area contributed by atoms with Crippen LogP contribution in [0.2, 0.25) is 10.0 Å². The van der Waals surface area contributed by atoms with E-state index >= 15 is 0 Å². The molecule has 4 aromatic rings. The Balaban J connectivity index is 1.33. The number of ether oxygens (including phenoxy) is 1. The van der Waals surface area contributed by atoms with Crippen molar-refractivity contribution in [2.45, 2.75) is 45.6 Å². The average Bonchev–Trinajstić information content (AvgIpc) is 3.27. The summed E-state index contributed by atoms with van der Waals surface area (Å²) in [4.78, 5) is 58.8. The van der Waals surface area contributed by atoms with Gasteiger partial charge in [-0.25, -0.2) is 9.78 Å². The number of imide groups is 1. The van der Waals surface area contributed by atoms with Gasteiger partial charge < -0.3 is 4.74 Å². The van der Waals surface area contributed by atoms with Gasteiger partial charge in [0.15, 0.2) is 6.10 Å². The van der Waals surface area contributed by atoms with Crippen LogP contribution in [0.15, 0.2) is 66.7 Å². The number of fused-ring (bicyclic) bond motifs is 2. The number of Topliss-reactive ketones (excluding diaryl/α,β-unsaturated/α-hetero) is 1. The first kappa shape index (κ1) is 29.0. The van der Waals surface area contributed by atoms with Crippen molar-refractivity contribution in [2.75, 3.05) is 4.90 Å². The van der Waals surface area contributed by atoms with Crippen LogP contribution in [0.1, 0.15) is 58.9 Å². The molecule has 1 aromatic heterocycles. The number of aryl methyl sites for hydroxylation is 1. The van der Waals surface area contributed by atoms with E-state index in [-0.39, 0.29) is 35.0 Å². The largest absolute Gasteiger partial charge is 0.451 e. The number of pyridine rings is 1. The molecule has 2 amide bonds. The van der Waals surface area contributed by atoms with E-state index in [2.05, 4.69) is 0 Å². The Morgan fingerprint density at radius 3 is 2.16 bits per heavy atom. The van der Waals surface area contributed by atoms with E-state index in [1.165, 1.54) is 11.8 Å². The quantitative estimate of drug-likeness (QED) is 0.126. The van der Waals surface area contributed by atoms with E-state index in [0.29, 0.717) is 49.0 Å². The molecule has 2 heterocycles. The van der Waals surface area contributed by atoms with Gasteiger partial charge in [0.1, 0.15) is 0 Å². The first-order valence-corrected chi connectivity index (χ1v) is 15.0. The van der Waals surface area contributed by atoms with Crippen LogP contribution in [0, 0.1) is 18.8 Å². The van der Waals surface area contributed by atoms with Crippen molar-refractivity contribution in [2.24, 2.45) is 11.8 Å². The highest BCUT2D eigenvalue weighted by Crippen LogP contribution is 2.40. The first-order valence-electron chi connectivity index (χ1n) is 14.2. The number of amides is 2. The minimum absolute atomic E-state index is 0.135. The number of hydrogen-bond donors (Lipinski definition) is 0. The molecule has 6 rings (SSSR count).